The van der Waals surface area contributed by atoms with Gasteiger partial charge in [-0.3, -0.25) is 4.90 Å². The number of nitrogens with one attached hydrogen (secondary N) is 1. The molecule has 124 valence electrons. The SMILES string of the molecule is Clc1ccc(CN2CCC(c3nc4ccccc4[nH]3)CC2)cc1Cl. The van der Waals surface area contributed by atoms with Gasteiger partial charge in [0.2, 0.25) is 0 Å². The predicted octanol–water partition coefficient (Wildman–Crippen LogP) is 5.25. The van der Waals surface area contributed by atoms with E-state index < -0.39 is 0 Å². The first-order valence-corrected chi connectivity index (χ1v) is 9.05. The van der Waals surface area contributed by atoms with Crippen LogP contribution in [0.25, 0.3) is 11.0 Å². The van der Waals surface area contributed by atoms with Gasteiger partial charge in [-0.1, -0.05) is 41.4 Å². The summed E-state index contributed by atoms with van der Waals surface area (Å²) < 4.78 is 0. The molecule has 0 unspecified atom stereocenters. The number of hydrogen-bond acceptors (Lipinski definition) is 2. The van der Waals surface area contributed by atoms with E-state index in [4.69, 9.17) is 28.2 Å². The highest BCUT2D eigenvalue weighted by atomic mass is 35.5. The number of piperidine rings is 1. The van der Waals surface area contributed by atoms with Gasteiger partial charge in [-0.2, -0.15) is 0 Å². The molecule has 0 spiro atoms. The third-order valence-electron chi connectivity index (χ3n) is 4.77. The average molecular weight is 360 g/mol. The Morgan fingerprint density at radius 3 is 2.58 bits per heavy atom. The van der Waals surface area contributed by atoms with Crippen molar-refractivity contribution < 1.29 is 0 Å². The highest BCUT2D eigenvalue weighted by molar-refractivity contribution is 6.42. The van der Waals surface area contributed by atoms with E-state index in [9.17, 15) is 0 Å². The molecule has 0 amide bonds. The quantitative estimate of drug-likeness (QED) is 0.692. The van der Waals surface area contributed by atoms with Gasteiger partial charge in [-0.05, 0) is 55.8 Å². The summed E-state index contributed by atoms with van der Waals surface area (Å²) in [5, 5.41) is 1.25. The number of halogens is 2. The molecule has 2 aromatic carbocycles. The monoisotopic (exact) mass is 359 g/mol. The number of aromatic nitrogens is 2. The molecule has 1 aliphatic heterocycles. The van der Waals surface area contributed by atoms with Crippen LogP contribution in [0.3, 0.4) is 0 Å². The van der Waals surface area contributed by atoms with Gasteiger partial charge < -0.3 is 4.98 Å². The number of aromatic amines is 1. The third kappa shape index (κ3) is 3.30. The molecule has 4 rings (SSSR count). The molecule has 2 heterocycles. The third-order valence-corrected chi connectivity index (χ3v) is 5.51. The summed E-state index contributed by atoms with van der Waals surface area (Å²) in [5.74, 6) is 1.65. The summed E-state index contributed by atoms with van der Waals surface area (Å²) in [6.45, 7) is 3.06. The van der Waals surface area contributed by atoms with E-state index in [1.165, 1.54) is 5.56 Å². The van der Waals surface area contributed by atoms with Crippen molar-refractivity contribution in [3.05, 3.63) is 63.9 Å². The van der Waals surface area contributed by atoms with Crippen LogP contribution < -0.4 is 0 Å². The van der Waals surface area contributed by atoms with E-state index in [2.05, 4.69) is 28.1 Å². The van der Waals surface area contributed by atoms with E-state index in [1.807, 2.05) is 24.3 Å². The first kappa shape index (κ1) is 15.9. The minimum atomic E-state index is 0.516. The molecule has 1 N–H and O–H groups in total. The van der Waals surface area contributed by atoms with Crippen molar-refractivity contribution in [2.75, 3.05) is 13.1 Å². The molecule has 1 aromatic heterocycles. The molecule has 0 aliphatic carbocycles. The second kappa shape index (κ2) is 6.75. The number of para-hydroxylation sites is 2. The van der Waals surface area contributed by atoms with E-state index in [0.717, 1.165) is 49.3 Å². The van der Waals surface area contributed by atoms with Crippen molar-refractivity contribution in [3.63, 3.8) is 0 Å². The fourth-order valence-electron chi connectivity index (χ4n) is 3.43. The zero-order valence-corrected chi connectivity index (χ0v) is 14.8. The standard InChI is InChI=1S/C19H19Cl2N3/c20-15-6-5-13(11-16(15)21)12-24-9-7-14(8-10-24)19-22-17-3-1-2-4-18(17)23-19/h1-6,11,14H,7-10,12H2,(H,22,23). The van der Waals surface area contributed by atoms with Crippen LogP contribution in [-0.4, -0.2) is 28.0 Å². The average Bonchev–Trinajstić information content (AvgIpc) is 3.03. The summed E-state index contributed by atoms with van der Waals surface area (Å²) in [6, 6.07) is 14.1. The summed E-state index contributed by atoms with van der Waals surface area (Å²) in [7, 11) is 0. The van der Waals surface area contributed by atoms with E-state index >= 15 is 0 Å². The molecular formula is C19H19Cl2N3. The Labute approximate surface area is 151 Å². The molecule has 0 atom stereocenters. The van der Waals surface area contributed by atoms with Crippen molar-refractivity contribution in [2.24, 2.45) is 0 Å². The second-order valence-corrected chi connectivity index (χ2v) is 7.25. The topological polar surface area (TPSA) is 31.9 Å². The molecule has 0 saturated carbocycles. The summed E-state index contributed by atoms with van der Waals surface area (Å²) in [5.41, 5.74) is 3.41. The molecule has 24 heavy (non-hydrogen) atoms. The zero-order valence-electron chi connectivity index (χ0n) is 13.3. The maximum absolute atomic E-state index is 6.11. The van der Waals surface area contributed by atoms with Crippen LogP contribution in [0.2, 0.25) is 10.0 Å². The normalized spacial score (nSPS) is 16.8. The van der Waals surface area contributed by atoms with Crippen LogP contribution in [0.5, 0.6) is 0 Å². The van der Waals surface area contributed by atoms with Gasteiger partial charge in [-0.25, -0.2) is 4.98 Å². The predicted molar refractivity (Wildman–Crippen MR) is 99.8 cm³/mol. The Morgan fingerprint density at radius 2 is 1.83 bits per heavy atom. The fourth-order valence-corrected chi connectivity index (χ4v) is 3.75. The van der Waals surface area contributed by atoms with Crippen molar-refractivity contribution in [2.45, 2.75) is 25.3 Å². The van der Waals surface area contributed by atoms with E-state index in [-0.39, 0.29) is 0 Å². The molecule has 1 fully saturated rings. The molecule has 0 bridgehead atoms. The number of H-pyrrole nitrogens is 1. The molecule has 1 aliphatic rings. The Balaban J connectivity index is 1.40. The summed E-state index contributed by atoms with van der Waals surface area (Å²) in [4.78, 5) is 10.7. The number of likely N-dealkylation sites (tertiary alicyclic amines) is 1. The van der Waals surface area contributed by atoms with Crippen molar-refractivity contribution >= 4 is 34.2 Å². The van der Waals surface area contributed by atoms with Crippen LogP contribution in [0.1, 0.15) is 30.1 Å². The van der Waals surface area contributed by atoms with Crippen molar-refractivity contribution in [1.29, 1.82) is 0 Å². The smallest absolute Gasteiger partial charge is 0.110 e. The van der Waals surface area contributed by atoms with Gasteiger partial charge in [0.25, 0.3) is 0 Å². The lowest BCUT2D eigenvalue weighted by Gasteiger charge is -2.31. The lowest BCUT2D eigenvalue weighted by Crippen LogP contribution is -2.32. The van der Waals surface area contributed by atoms with Gasteiger partial charge >= 0.3 is 0 Å². The largest absolute Gasteiger partial charge is 0.342 e. The van der Waals surface area contributed by atoms with Gasteiger partial charge in [-0.15, -0.1) is 0 Å². The highest BCUT2D eigenvalue weighted by Crippen LogP contribution is 2.29. The Kier molecular flexibility index (Phi) is 4.49. The van der Waals surface area contributed by atoms with Crippen molar-refractivity contribution in [3.8, 4) is 0 Å². The first-order valence-electron chi connectivity index (χ1n) is 8.30. The van der Waals surface area contributed by atoms with Gasteiger partial charge in [0.1, 0.15) is 5.82 Å². The summed E-state index contributed by atoms with van der Waals surface area (Å²) >= 11 is 12.1. The minimum Gasteiger partial charge on any atom is -0.342 e. The molecule has 5 heteroatoms. The van der Waals surface area contributed by atoms with Crippen LogP contribution in [0.15, 0.2) is 42.5 Å². The Bertz CT molecular complexity index is 818. The van der Waals surface area contributed by atoms with Crippen LogP contribution in [0.4, 0.5) is 0 Å². The van der Waals surface area contributed by atoms with Crippen molar-refractivity contribution in [1.82, 2.24) is 14.9 Å². The van der Waals surface area contributed by atoms with E-state index in [0.29, 0.717) is 16.0 Å². The van der Waals surface area contributed by atoms with Crippen LogP contribution in [0, 0.1) is 0 Å². The van der Waals surface area contributed by atoms with Gasteiger partial charge in [0, 0.05) is 12.5 Å². The lowest BCUT2D eigenvalue weighted by atomic mass is 9.96. The first-order chi connectivity index (χ1) is 11.7. The number of nitrogens with zero attached hydrogens (tertiary/aromatic N) is 2. The number of fused-ring (bicyclic) bond motifs is 1. The molecule has 3 aromatic rings. The molecular weight excluding hydrogens is 341 g/mol. The van der Waals surface area contributed by atoms with Gasteiger partial charge in [0.05, 0.1) is 21.1 Å². The van der Waals surface area contributed by atoms with Crippen LogP contribution >= 0.6 is 23.2 Å². The minimum absolute atomic E-state index is 0.516. The van der Waals surface area contributed by atoms with Gasteiger partial charge in [0.15, 0.2) is 0 Å². The number of imidazole rings is 1. The maximum atomic E-state index is 6.11. The number of benzene rings is 2. The molecule has 3 nitrogen and oxygen atoms in total. The zero-order chi connectivity index (χ0) is 16.5. The molecule has 0 radical (unpaired) electrons. The molecule has 1 saturated heterocycles. The number of rotatable bonds is 3. The fraction of sp³-hybridized carbons (Fsp3) is 0.316. The number of hydrogen-bond donors (Lipinski definition) is 1. The Morgan fingerprint density at radius 1 is 1.04 bits per heavy atom. The lowest BCUT2D eigenvalue weighted by molar-refractivity contribution is 0.202. The summed E-state index contributed by atoms with van der Waals surface area (Å²) in [6.07, 6.45) is 2.25. The highest BCUT2D eigenvalue weighted by Gasteiger charge is 2.23. The second-order valence-electron chi connectivity index (χ2n) is 6.44. The maximum Gasteiger partial charge on any atom is 0.110 e. The van der Waals surface area contributed by atoms with E-state index in [1.54, 1.807) is 0 Å². The Hall–Kier alpha value is -1.55. The van der Waals surface area contributed by atoms with Crippen LogP contribution in [-0.2, 0) is 6.54 Å².